The Morgan fingerprint density at radius 2 is 1.84 bits per heavy atom. The maximum atomic E-state index is 13.5. The van der Waals surface area contributed by atoms with Gasteiger partial charge in [-0.15, -0.1) is 0 Å². The number of aliphatic hydroxyl groups is 1. The molecule has 2 aromatic rings. The van der Waals surface area contributed by atoms with Gasteiger partial charge in [0.25, 0.3) is 0 Å². The van der Waals surface area contributed by atoms with E-state index in [1.807, 2.05) is 13.8 Å². The number of halogens is 2. The van der Waals surface area contributed by atoms with Crippen LogP contribution in [0.2, 0.25) is 10.3 Å². The number of hydrogen-bond donors (Lipinski definition) is 1. The molecule has 200 valence electrons. The van der Waals surface area contributed by atoms with Gasteiger partial charge in [0.05, 0.1) is 26.2 Å². The molecule has 37 heavy (non-hydrogen) atoms. The van der Waals surface area contributed by atoms with Crippen LogP contribution in [-0.4, -0.2) is 46.7 Å². The number of hydrogen-bond acceptors (Lipinski definition) is 6. The third-order valence-electron chi connectivity index (χ3n) is 6.66. The molecule has 0 amide bonds. The third-order valence-corrected chi connectivity index (χ3v) is 7.20. The summed E-state index contributed by atoms with van der Waals surface area (Å²) in [6, 6.07) is 7.02. The van der Waals surface area contributed by atoms with Crippen LogP contribution in [0.15, 0.2) is 24.3 Å². The smallest absolute Gasteiger partial charge is 0.308 e. The van der Waals surface area contributed by atoms with Crippen LogP contribution in [0.1, 0.15) is 68.6 Å². The van der Waals surface area contributed by atoms with Crippen molar-refractivity contribution in [2.75, 3.05) is 20.3 Å². The van der Waals surface area contributed by atoms with Crippen LogP contribution in [0.5, 0.6) is 5.75 Å². The summed E-state index contributed by atoms with van der Waals surface area (Å²) in [6.45, 7) is 4.08. The first-order chi connectivity index (χ1) is 17.6. The van der Waals surface area contributed by atoms with E-state index in [1.54, 1.807) is 28.8 Å². The normalized spacial score (nSPS) is 17.6. The number of carbonyl (C=O) groups excluding carboxylic acids is 2. The minimum absolute atomic E-state index is 0.0467. The van der Waals surface area contributed by atoms with Crippen molar-refractivity contribution in [3.63, 3.8) is 0 Å². The van der Waals surface area contributed by atoms with Gasteiger partial charge in [-0.25, -0.2) is 4.98 Å². The lowest BCUT2D eigenvalue weighted by molar-refractivity contribution is -0.146. The number of aliphatic hydroxyl groups excluding tert-OH is 1. The first-order valence-corrected chi connectivity index (χ1v) is 13.3. The zero-order valence-electron chi connectivity index (χ0n) is 21.6. The lowest BCUT2D eigenvalue weighted by Crippen LogP contribution is -2.23. The molecule has 1 fully saturated rings. The number of rotatable bonds is 10. The summed E-state index contributed by atoms with van der Waals surface area (Å²) in [7, 11) is 1.42. The Morgan fingerprint density at radius 1 is 1.16 bits per heavy atom. The highest BCUT2D eigenvalue weighted by Crippen LogP contribution is 2.33. The SMILES string of the molecule is COC(=O)C1CCC(CCC(=O)c2c(C#CC(C)(C)CO)nc(Cl)n2CCOc2ccc(Cl)cc2)CC1. The van der Waals surface area contributed by atoms with Crippen LogP contribution < -0.4 is 4.74 Å². The van der Waals surface area contributed by atoms with Crippen molar-refractivity contribution in [3.8, 4) is 17.6 Å². The van der Waals surface area contributed by atoms with E-state index in [4.69, 9.17) is 32.7 Å². The average molecular weight is 549 g/mol. The number of esters is 1. The second-order valence-corrected chi connectivity index (χ2v) is 10.8. The first-order valence-electron chi connectivity index (χ1n) is 12.5. The lowest BCUT2D eigenvalue weighted by atomic mass is 9.79. The number of ether oxygens (including phenoxy) is 2. The predicted molar refractivity (Wildman–Crippen MR) is 143 cm³/mol. The molecule has 1 aliphatic carbocycles. The van der Waals surface area contributed by atoms with E-state index in [2.05, 4.69) is 16.8 Å². The Balaban J connectivity index is 1.73. The highest BCUT2D eigenvalue weighted by atomic mass is 35.5. The fourth-order valence-corrected chi connectivity index (χ4v) is 4.74. The van der Waals surface area contributed by atoms with E-state index in [0.29, 0.717) is 47.5 Å². The molecule has 1 N–H and O–H groups in total. The number of nitrogens with zero attached hydrogens (tertiary/aromatic N) is 2. The van der Waals surface area contributed by atoms with Gasteiger partial charge in [-0.1, -0.05) is 17.5 Å². The standard InChI is InChI=1S/C28H34Cl2N2O5/c1-28(2,18-33)15-14-23-25(24(34)13-6-19-4-7-20(8-5-19)26(35)36-3)32(27(30)31-23)16-17-37-22-11-9-21(29)10-12-22/h9-12,19-20,33H,4-8,13,16-18H2,1-3H3. The molecular formula is C28H34Cl2N2O5. The molecule has 0 atom stereocenters. The van der Waals surface area contributed by atoms with Crippen LogP contribution >= 0.6 is 23.2 Å². The summed E-state index contributed by atoms with van der Waals surface area (Å²) < 4.78 is 12.3. The zero-order chi connectivity index (χ0) is 27.0. The highest BCUT2D eigenvalue weighted by molar-refractivity contribution is 6.30. The van der Waals surface area contributed by atoms with Gasteiger partial charge in [-0.3, -0.25) is 9.59 Å². The van der Waals surface area contributed by atoms with E-state index in [1.165, 1.54) is 7.11 Å². The van der Waals surface area contributed by atoms with Gasteiger partial charge in [-0.2, -0.15) is 0 Å². The van der Waals surface area contributed by atoms with Crippen molar-refractivity contribution < 1.29 is 24.2 Å². The van der Waals surface area contributed by atoms with Crippen LogP contribution in [0.3, 0.4) is 0 Å². The molecule has 7 nitrogen and oxygen atoms in total. The van der Waals surface area contributed by atoms with Gasteiger partial charge < -0.3 is 19.1 Å². The van der Waals surface area contributed by atoms with Gasteiger partial charge >= 0.3 is 5.97 Å². The molecule has 3 rings (SSSR count). The Morgan fingerprint density at radius 3 is 2.46 bits per heavy atom. The molecule has 0 spiro atoms. The maximum Gasteiger partial charge on any atom is 0.308 e. The molecular weight excluding hydrogens is 515 g/mol. The quantitative estimate of drug-likeness (QED) is 0.236. The van der Waals surface area contributed by atoms with E-state index in [-0.39, 0.29) is 36.2 Å². The summed E-state index contributed by atoms with van der Waals surface area (Å²) in [6.07, 6.45) is 4.38. The maximum absolute atomic E-state index is 13.5. The predicted octanol–water partition coefficient (Wildman–Crippen LogP) is 5.58. The second kappa shape index (κ2) is 13.3. The van der Waals surface area contributed by atoms with Crippen molar-refractivity contribution in [2.24, 2.45) is 17.3 Å². The van der Waals surface area contributed by atoms with Crippen molar-refractivity contribution in [1.82, 2.24) is 9.55 Å². The third kappa shape index (κ3) is 8.23. The largest absolute Gasteiger partial charge is 0.492 e. The summed E-state index contributed by atoms with van der Waals surface area (Å²) in [5, 5.41) is 10.4. The van der Waals surface area contributed by atoms with E-state index >= 15 is 0 Å². The molecule has 0 saturated heterocycles. The van der Waals surface area contributed by atoms with Crippen molar-refractivity contribution in [1.29, 1.82) is 0 Å². The van der Waals surface area contributed by atoms with Gasteiger partial charge in [0.2, 0.25) is 5.28 Å². The molecule has 1 saturated carbocycles. The minimum Gasteiger partial charge on any atom is -0.492 e. The number of imidazole rings is 1. The number of methoxy groups -OCH3 is 1. The first kappa shape index (κ1) is 29.0. The molecule has 1 heterocycles. The lowest BCUT2D eigenvalue weighted by Gasteiger charge is -2.26. The summed E-state index contributed by atoms with van der Waals surface area (Å²) in [5.41, 5.74) is 0.0126. The molecule has 0 bridgehead atoms. The van der Waals surface area contributed by atoms with Crippen LogP contribution in [0.4, 0.5) is 0 Å². The van der Waals surface area contributed by atoms with Gasteiger partial charge in [-0.05, 0) is 93.7 Å². The summed E-state index contributed by atoms with van der Waals surface area (Å²) >= 11 is 12.4. The summed E-state index contributed by atoms with van der Waals surface area (Å²) in [5.74, 6) is 6.70. The molecule has 1 aliphatic rings. The molecule has 0 unspecified atom stereocenters. The Bertz CT molecular complexity index is 1140. The second-order valence-electron chi connectivity index (χ2n) is 10.0. The number of carbonyl (C=O) groups is 2. The Hall–Kier alpha value is -2.53. The van der Waals surface area contributed by atoms with Crippen molar-refractivity contribution in [3.05, 3.63) is 46.0 Å². The molecule has 0 radical (unpaired) electrons. The fraction of sp³-hybridized carbons (Fsp3) is 0.536. The molecule has 9 heteroatoms. The van der Waals surface area contributed by atoms with E-state index < -0.39 is 5.41 Å². The zero-order valence-corrected chi connectivity index (χ0v) is 23.1. The van der Waals surface area contributed by atoms with Crippen LogP contribution in [-0.2, 0) is 16.1 Å². The van der Waals surface area contributed by atoms with Gasteiger partial charge in [0.1, 0.15) is 23.7 Å². The topological polar surface area (TPSA) is 90.7 Å². The molecule has 1 aromatic heterocycles. The monoisotopic (exact) mass is 548 g/mol. The Kier molecular flexibility index (Phi) is 10.5. The number of aromatic nitrogens is 2. The number of ketones is 1. The van der Waals surface area contributed by atoms with E-state index in [9.17, 15) is 14.7 Å². The van der Waals surface area contributed by atoms with Gasteiger partial charge in [0.15, 0.2) is 5.78 Å². The fourth-order valence-electron chi connectivity index (χ4n) is 4.36. The van der Waals surface area contributed by atoms with Crippen molar-refractivity contribution in [2.45, 2.75) is 58.9 Å². The molecule has 1 aromatic carbocycles. The van der Waals surface area contributed by atoms with E-state index in [0.717, 1.165) is 25.7 Å². The number of benzene rings is 1. The average Bonchev–Trinajstić information content (AvgIpc) is 3.22. The van der Waals surface area contributed by atoms with Gasteiger partial charge in [0, 0.05) is 16.9 Å². The highest BCUT2D eigenvalue weighted by Gasteiger charge is 2.28. The minimum atomic E-state index is -0.646. The summed E-state index contributed by atoms with van der Waals surface area (Å²) in [4.78, 5) is 29.6. The molecule has 0 aliphatic heterocycles. The van der Waals surface area contributed by atoms with Crippen LogP contribution in [0, 0.1) is 29.1 Å². The van der Waals surface area contributed by atoms with Crippen molar-refractivity contribution >= 4 is 35.0 Å². The van der Waals surface area contributed by atoms with Crippen LogP contribution in [0.25, 0.3) is 0 Å². The Labute approximate surface area is 228 Å². The number of Topliss-reactive ketones (excluding diaryl/α,β-unsaturated/α-hetero) is 1.